The molecule has 6 nitrogen and oxygen atoms in total. The Bertz CT molecular complexity index is 1260. The quantitative estimate of drug-likeness (QED) is 0.311. The number of amides is 2. The van der Waals surface area contributed by atoms with E-state index in [9.17, 15) is 9.59 Å². The summed E-state index contributed by atoms with van der Waals surface area (Å²) in [5.74, 6) is 0.191. The lowest BCUT2D eigenvalue weighted by atomic mass is 10.1. The average Bonchev–Trinajstić information content (AvgIpc) is 3.40. The molecule has 0 bridgehead atoms. The number of carbonyl (C=O) groups is 2. The molecule has 4 aromatic rings. The number of rotatable bonds is 8. The van der Waals surface area contributed by atoms with Gasteiger partial charge in [-0.3, -0.25) is 14.6 Å². The van der Waals surface area contributed by atoms with Crippen molar-refractivity contribution in [3.05, 3.63) is 111 Å². The number of halogens is 1. The molecule has 4 rings (SSSR count). The van der Waals surface area contributed by atoms with Crippen LogP contribution in [0, 0.1) is 0 Å². The summed E-state index contributed by atoms with van der Waals surface area (Å²) in [7, 11) is 0. The average molecular weight is 492 g/mol. The van der Waals surface area contributed by atoms with E-state index in [1.807, 2.05) is 48.7 Å². The van der Waals surface area contributed by atoms with Crippen molar-refractivity contribution < 1.29 is 14.3 Å². The van der Waals surface area contributed by atoms with Gasteiger partial charge in [-0.25, -0.2) is 0 Å². The van der Waals surface area contributed by atoms with Gasteiger partial charge in [0.15, 0.2) is 0 Å². The molecule has 0 aliphatic rings. The monoisotopic (exact) mass is 491 g/mol. The van der Waals surface area contributed by atoms with Crippen molar-refractivity contribution in [2.75, 3.05) is 5.32 Å². The van der Waals surface area contributed by atoms with E-state index in [4.69, 9.17) is 16.3 Å². The number of anilines is 1. The Balaban J connectivity index is 1.37. The van der Waals surface area contributed by atoms with E-state index in [-0.39, 0.29) is 17.9 Å². The minimum atomic E-state index is -0.271. The maximum atomic E-state index is 12.8. The predicted molar refractivity (Wildman–Crippen MR) is 135 cm³/mol. The molecule has 2 aromatic heterocycles. The van der Waals surface area contributed by atoms with Crippen LogP contribution in [0.1, 0.15) is 44.1 Å². The lowest BCUT2D eigenvalue weighted by Gasteiger charge is -2.16. The molecule has 2 N–H and O–H groups in total. The molecule has 8 heteroatoms. The van der Waals surface area contributed by atoms with Crippen LogP contribution in [0.4, 0.5) is 5.69 Å². The Labute approximate surface area is 206 Å². The van der Waals surface area contributed by atoms with Gasteiger partial charge < -0.3 is 15.4 Å². The van der Waals surface area contributed by atoms with E-state index in [2.05, 4.69) is 15.6 Å². The molecule has 2 aromatic carbocycles. The van der Waals surface area contributed by atoms with Gasteiger partial charge in [-0.2, -0.15) is 0 Å². The first-order chi connectivity index (χ1) is 16.5. The van der Waals surface area contributed by atoms with Crippen LogP contribution < -0.4 is 15.4 Å². The van der Waals surface area contributed by atoms with Crippen LogP contribution in [-0.2, 0) is 6.61 Å². The predicted octanol–water partition coefficient (Wildman–Crippen LogP) is 6.12. The van der Waals surface area contributed by atoms with Gasteiger partial charge in [-0.05, 0) is 60.3 Å². The third-order valence-corrected chi connectivity index (χ3v) is 6.28. The van der Waals surface area contributed by atoms with E-state index in [1.54, 1.807) is 42.7 Å². The second kappa shape index (κ2) is 11.0. The van der Waals surface area contributed by atoms with Crippen molar-refractivity contribution in [1.82, 2.24) is 10.3 Å². The van der Waals surface area contributed by atoms with Gasteiger partial charge in [0.05, 0.1) is 21.6 Å². The molecule has 0 saturated carbocycles. The van der Waals surface area contributed by atoms with Gasteiger partial charge >= 0.3 is 0 Å². The number of carbonyl (C=O) groups excluding carboxylic acids is 2. The number of benzene rings is 2. The van der Waals surface area contributed by atoms with Gasteiger partial charge in [-0.15, -0.1) is 11.3 Å². The van der Waals surface area contributed by atoms with Crippen molar-refractivity contribution in [2.24, 2.45) is 0 Å². The number of aromatic nitrogens is 1. The standard InChI is InChI=1S/C26H22ClN3O3S/c1-17(19-6-9-21(10-7-19)33-16-18-4-2-12-28-15-18)29-25(31)20-8-11-22(27)23(14-20)30-26(32)24-5-3-13-34-24/h2-15,17H,16H2,1H3,(H,29,31)(H,30,32). The number of pyridine rings is 1. The molecule has 172 valence electrons. The number of nitrogens with zero attached hydrogens (tertiary/aromatic N) is 1. The number of ether oxygens (including phenoxy) is 1. The highest BCUT2D eigenvalue weighted by molar-refractivity contribution is 7.12. The molecule has 0 fully saturated rings. The number of hydrogen-bond acceptors (Lipinski definition) is 5. The molecule has 1 atom stereocenters. The first-order valence-electron chi connectivity index (χ1n) is 10.6. The van der Waals surface area contributed by atoms with E-state index in [0.29, 0.717) is 27.8 Å². The summed E-state index contributed by atoms with van der Waals surface area (Å²) in [5.41, 5.74) is 2.70. The Morgan fingerprint density at radius 3 is 2.59 bits per heavy atom. The zero-order valence-corrected chi connectivity index (χ0v) is 19.9. The highest BCUT2D eigenvalue weighted by Crippen LogP contribution is 2.25. The fourth-order valence-electron chi connectivity index (χ4n) is 3.22. The molecule has 2 heterocycles. The van der Waals surface area contributed by atoms with Gasteiger partial charge in [0, 0.05) is 23.5 Å². The Kier molecular flexibility index (Phi) is 7.57. The second-order valence-electron chi connectivity index (χ2n) is 7.54. The van der Waals surface area contributed by atoms with Crippen LogP contribution in [0.2, 0.25) is 5.02 Å². The van der Waals surface area contributed by atoms with Crippen LogP contribution in [-0.4, -0.2) is 16.8 Å². The van der Waals surface area contributed by atoms with Crippen LogP contribution in [0.15, 0.2) is 84.5 Å². The van der Waals surface area contributed by atoms with E-state index in [1.165, 1.54) is 11.3 Å². The topological polar surface area (TPSA) is 80.3 Å². The maximum Gasteiger partial charge on any atom is 0.265 e. The van der Waals surface area contributed by atoms with Gasteiger partial charge in [0.2, 0.25) is 0 Å². The van der Waals surface area contributed by atoms with E-state index >= 15 is 0 Å². The molecule has 0 aliphatic carbocycles. The summed E-state index contributed by atoms with van der Waals surface area (Å²) in [6.07, 6.45) is 3.49. The normalized spacial score (nSPS) is 11.5. The molecular formula is C26H22ClN3O3S. The van der Waals surface area contributed by atoms with Crippen molar-refractivity contribution >= 4 is 40.4 Å². The second-order valence-corrected chi connectivity index (χ2v) is 8.90. The molecule has 1 unspecified atom stereocenters. The van der Waals surface area contributed by atoms with Crippen molar-refractivity contribution in [1.29, 1.82) is 0 Å². The fraction of sp³-hybridized carbons (Fsp3) is 0.115. The van der Waals surface area contributed by atoms with Crippen molar-refractivity contribution in [3.8, 4) is 5.75 Å². The van der Waals surface area contributed by atoms with Crippen molar-refractivity contribution in [2.45, 2.75) is 19.6 Å². The molecule has 2 amide bonds. The lowest BCUT2D eigenvalue weighted by Crippen LogP contribution is -2.26. The fourth-order valence-corrected chi connectivity index (χ4v) is 4.00. The Morgan fingerprint density at radius 2 is 1.88 bits per heavy atom. The maximum absolute atomic E-state index is 12.8. The van der Waals surface area contributed by atoms with E-state index < -0.39 is 0 Å². The van der Waals surface area contributed by atoms with Gasteiger partial charge in [0.1, 0.15) is 12.4 Å². The number of thiophene rings is 1. The third-order valence-electron chi connectivity index (χ3n) is 5.08. The Morgan fingerprint density at radius 1 is 1.06 bits per heavy atom. The third kappa shape index (κ3) is 6.01. The summed E-state index contributed by atoms with van der Waals surface area (Å²) in [6, 6.07) is 19.5. The van der Waals surface area contributed by atoms with Gasteiger partial charge in [-0.1, -0.05) is 35.9 Å². The van der Waals surface area contributed by atoms with E-state index in [0.717, 1.165) is 16.9 Å². The van der Waals surface area contributed by atoms with Crippen molar-refractivity contribution in [3.63, 3.8) is 0 Å². The molecule has 0 aliphatic heterocycles. The minimum absolute atomic E-state index is 0.236. The molecule has 0 spiro atoms. The summed E-state index contributed by atoms with van der Waals surface area (Å²) in [5, 5.41) is 7.92. The summed E-state index contributed by atoms with van der Waals surface area (Å²) in [6.45, 7) is 2.33. The zero-order chi connectivity index (χ0) is 23.9. The smallest absolute Gasteiger partial charge is 0.265 e. The molecule has 0 saturated heterocycles. The molecule has 34 heavy (non-hydrogen) atoms. The first kappa shape index (κ1) is 23.5. The lowest BCUT2D eigenvalue weighted by molar-refractivity contribution is 0.0938. The van der Waals surface area contributed by atoms with Crippen LogP contribution in [0.5, 0.6) is 5.75 Å². The SMILES string of the molecule is CC(NC(=O)c1ccc(Cl)c(NC(=O)c2cccs2)c1)c1ccc(OCc2cccnc2)cc1. The van der Waals surface area contributed by atoms with Crippen LogP contribution >= 0.6 is 22.9 Å². The number of hydrogen-bond donors (Lipinski definition) is 2. The first-order valence-corrected chi connectivity index (χ1v) is 11.8. The minimum Gasteiger partial charge on any atom is -0.489 e. The molecular weight excluding hydrogens is 470 g/mol. The van der Waals surface area contributed by atoms with Gasteiger partial charge in [0.25, 0.3) is 11.8 Å². The van der Waals surface area contributed by atoms with Crippen LogP contribution in [0.25, 0.3) is 0 Å². The number of nitrogens with one attached hydrogen (secondary N) is 2. The summed E-state index contributed by atoms with van der Waals surface area (Å²) >= 11 is 7.56. The highest BCUT2D eigenvalue weighted by atomic mass is 35.5. The summed E-state index contributed by atoms with van der Waals surface area (Å²) in [4.78, 5) is 29.8. The largest absolute Gasteiger partial charge is 0.489 e. The highest BCUT2D eigenvalue weighted by Gasteiger charge is 2.15. The summed E-state index contributed by atoms with van der Waals surface area (Å²) < 4.78 is 5.79. The Hall–Kier alpha value is -3.68. The molecule has 0 radical (unpaired) electrons. The zero-order valence-electron chi connectivity index (χ0n) is 18.3. The van der Waals surface area contributed by atoms with Crippen LogP contribution in [0.3, 0.4) is 0 Å².